The normalized spacial score (nSPS) is 13.5. The lowest BCUT2D eigenvalue weighted by Crippen LogP contribution is -2.26. The Morgan fingerprint density at radius 2 is 1.82 bits per heavy atom. The van der Waals surface area contributed by atoms with Gasteiger partial charge in [-0.05, 0) is 62.9 Å². The lowest BCUT2D eigenvalue weighted by Gasteiger charge is -2.16. The molecule has 0 unspecified atom stereocenters. The summed E-state index contributed by atoms with van der Waals surface area (Å²) in [6.45, 7) is 1.54. The van der Waals surface area contributed by atoms with Gasteiger partial charge in [0.15, 0.2) is 5.78 Å². The fourth-order valence-electron chi connectivity index (χ4n) is 2.86. The van der Waals surface area contributed by atoms with Crippen LogP contribution >= 0.6 is 0 Å². The monoisotopic (exact) mass is 302 g/mol. The van der Waals surface area contributed by atoms with Crippen LogP contribution in [0.1, 0.15) is 53.6 Å². The average molecular weight is 302 g/mol. The zero-order valence-corrected chi connectivity index (χ0v) is 13.4. The molecule has 0 atom stereocenters. The molecule has 22 heavy (non-hydrogen) atoms. The standard InChI is InChI=1S/C18H26N2O2/c1-19-11-4-12-20-18(22)10-9-17(21)16-8-7-14-5-2-3-6-15(14)13-16/h7-8,13,19H,2-6,9-12H2,1H3,(H,20,22). The number of amides is 1. The average Bonchev–Trinajstić information content (AvgIpc) is 2.56. The van der Waals surface area contributed by atoms with E-state index in [1.807, 2.05) is 19.2 Å². The molecule has 0 saturated heterocycles. The van der Waals surface area contributed by atoms with Crippen molar-refractivity contribution in [1.29, 1.82) is 0 Å². The predicted molar refractivity (Wildman–Crippen MR) is 88.2 cm³/mol. The summed E-state index contributed by atoms with van der Waals surface area (Å²) in [5, 5.41) is 5.88. The van der Waals surface area contributed by atoms with Crippen molar-refractivity contribution in [2.24, 2.45) is 0 Å². The van der Waals surface area contributed by atoms with Crippen LogP contribution in [0.25, 0.3) is 0 Å². The largest absolute Gasteiger partial charge is 0.356 e. The predicted octanol–water partition coefficient (Wildman–Crippen LogP) is 2.25. The van der Waals surface area contributed by atoms with E-state index in [9.17, 15) is 9.59 Å². The molecule has 0 spiro atoms. The Balaban J connectivity index is 1.78. The highest BCUT2D eigenvalue weighted by molar-refractivity contribution is 5.98. The topological polar surface area (TPSA) is 58.2 Å². The number of fused-ring (bicyclic) bond motifs is 1. The van der Waals surface area contributed by atoms with Crippen LogP contribution in [0.15, 0.2) is 18.2 Å². The molecule has 120 valence electrons. The van der Waals surface area contributed by atoms with Gasteiger partial charge in [-0.25, -0.2) is 0 Å². The summed E-state index contributed by atoms with van der Waals surface area (Å²) in [5.41, 5.74) is 3.45. The van der Waals surface area contributed by atoms with Gasteiger partial charge in [-0.3, -0.25) is 9.59 Å². The molecule has 4 heteroatoms. The summed E-state index contributed by atoms with van der Waals surface area (Å²) in [5.74, 6) is 0.0289. The van der Waals surface area contributed by atoms with Gasteiger partial charge < -0.3 is 10.6 Å². The van der Waals surface area contributed by atoms with E-state index in [0.717, 1.165) is 31.4 Å². The summed E-state index contributed by atoms with van der Waals surface area (Å²) < 4.78 is 0. The van der Waals surface area contributed by atoms with E-state index >= 15 is 0 Å². The van der Waals surface area contributed by atoms with Crippen molar-refractivity contribution >= 4 is 11.7 Å². The number of benzene rings is 1. The van der Waals surface area contributed by atoms with Crippen LogP contribution in [-0.2, 0) is 17.6 Å². The van der Waals surface area contributed by atoms with E-state index < -0.39 is 0 Å². The molecule has 2 N–H and O–H groups in total. The van der Waals surface area contributed by atoms with Gasteiger partial charge in [-0.15, -0.1) is 0 Å². The summed E-state index contributed by atoms with van der Waals surface area (Å²) in [6.07, 6.45) is 6.11. The first kappa shape index (κ1) is 16.7. The number of rotatable bonds is 8. The van der Waals surface area contributed by atoms with Gasteiger partial charge >= 0.3 is 0 Å². The van der Waals surface area contributed by atoms with Crippen LogP contribution in [0, 0.1) is 0 Å². The lowest BCUT2D eigenvalue weighted by atomic mass is 9.89. The quantitative estimate of drug-likeness (QED) is 0.572. The van der Waals surface area contributed by atoms with Gasteiger partial charge in [-0.2, -0.15) is 0 Å². The van der Waals surface area contributed by atoms with E-state index in [4.69, 9.17) is 0 Å². The number of hydrogen-bond acceptors (Lipinski definition) is 3. The van der Waals surface area contributed by atoms with Crippen LogP contribution < -0.4 is 10.6 Å². The molecule has 2 rings (SSSR count). The molecule has 1 aromatic rings. The molecular weight excluding hydrogens is 276 g/mol. The van der Waals surface area contributed by atoms with Crippen molar-refractivity contribution in [2.75, 3.05) is 20.1 Å². The van der Waals surface area contributed by atoms with Gasteiger partial charge in [0.2, 0.25) is 5.91 Å². The first-order chi connectivity index (χ1) is 10.7. The maximum atomic E-state index is 12.2. The van der Waals surface area contributed by atoms with E-state index in [0.29, 0.717) is 6.54 Å². The number of aryl methyl sites for hydroxylation is 2. The van der Waals surface area contributed by atoms with Crippen LogP contribution in [0.2, 0.25) is 0 Å². The molecular formula is C18H26N2O2. The highest BCUT2D eigenvalue weighted by Gasteiger charge is 2.13. The zero-order valence-electron chi connectivity index (χ0n) is 13.4. The zero-order chi connectivity index (χ0) is 15.8. The Kier molecular flexibility index (Phi) is 6.59. The third-order valence-electron chi connectivity index (χ3n) is 4.18. The number of hydrogen-bond donors (Lipinski definition) is 2. The molecule has 1 amide bonds. The number of carbonyl (C=O) groups is 2. The van der Waals surface area contributed by atoms with E-state index in [1.54, 1.807) is 0 Å². The van der Waals surface area contributed by atoms with Crippen LogP contribution in [0.3, 0.4) is 0 Å². The van der Waals surface area contributed by atoms with E-state index in [-0.39, 0.29) is 24.5 Å². The Morgan fingerprint density at radius 1 is 1.05 bits per heavy atom. The molecule has 0 radical (unpaired) electrons. The minimum atomic E-state index is -0.0394. The van der Waals surface area contributed by atoms with Crippen LogP contribution in [-0.4, -0.2) is 31.8 Å². The fraction of sp³-hybridized carbons (Fsp3) is 0.556. The molecule has 4 nitrogen and oxygen atoms in total. The second-order valence-corrected chi connectivity index (χ2v) is 5.92. The molecule has 1 aliphatic carbocycles. The number of nitrogens with one attached hydrogen (secondary N) is 2. The van der Waals surface area contributed by atoms with Gasteiger partial charge in [0.1, 0.15) is 0 Å². The fourth-order valence-corrected chi connectivity index (χ4v) is 2.86. The van der Waals surface area contributed by atoms with Crippen molar-refractivity contribution < 1.29 is 9.59 Å². The summed E-state index contributed by atoms with van der Waals surface area (Å²) >= 11 is 0. The molecule has 0 aromatic heterocycles. The number of ketones is 1. The van der Waals surface area contributed by atoms with Crippen molar-refractivity contribution in [1.82, 2.24) is 10.6 Å². The molecule has 0 bridgehead atoms. The third kappa shape index (κ3) is 4.95. The highest BCUT2D eigenvalue weighted by Crippen LogP contribution is 2.22. The summed E-state index contributed by atoms with van der Waals surface area (Å²) in [6, 6.07) is 6.03. The minimum absolute atomic E-state index is 0.0394. The Labute approximate surface area is 132 Å². The van der Waals surface area contributed by atoms with Crippen molar-refractivity contribution in [3.05, 3.63) is 34.9 Å². The van der Waals surface area contributed by atoms with Crippen LogP contribution in [0.5, 0.6) is 0 Å². The lowest BCUT2D eigenvalue weighted by molar-refractivity contribution is -0.121. The SMILES string of the molecule is CNCCCNC(=O)CCC(=O)c1ccc2c(c1)CCCC2. The van der Waals surface area contributed by atoms with Gasteiger partial charge in [-0.1, -0.05) is 12.1 Å². The first-order valence-electron chi connectivity index (χ1n) is 8.27. The van der Waals surface area contributed by atoms with Gasteiger partial charge in [0, 0.05) is 24.9 Å². The third-order valence-corrected chi connectivity index (χ3v) is 4.18. The highest BCUT2D eigenvalue weighted by atomic mass is 16.2. The smallest absolute Gasteiger partial charge is 0.220 e. The molecule has 0 aliphatic heterocycles. The van der Waals surface area contributed by atoms with E-state index in [2.05, 4.69) is 16.7 Å². The van der Waals surface area contributed by atoms with Crippen LogP contribution in [0.4, 0.5) is 0 Å². The molecule has 0 saturated carbocycles. The number of Topliss-reactive ketones (excluding diaryl/α,β-unsaturated/α-hetero) is 1. The maximum absolute atomic E-state index is 12.2. The second kappa shape index (κ2) is 8.69. The Morgan fingerprint density at radius 3 is 2.59 bits per heavy atom. The summed E-state index contributed by atoms with van der Waals surface area (Å²) in [7, 11) is 1.89. The summed E-state index contributed by atoms with van der Waals surface area (Å²) in [4.78, 5) is 23.9. The van der Waals surface area contributed by atoms with Gasteiger partial charge in [0.05, 0.1) is 0 Å². The molecule has 0 fully saturated rings. The molecule has 0 heterocycles. The molecule has 1 aliphatic rings. The Bertz CT molecular complexity index is 526. The second-order valence-electron chi connectivity index (χ2n) is 5.92. The van der Waals surface area contributed by atoms with Crippen molar-refractivity contribution in [3.63, 3.8) is 0 Å². The minimum Gasteiger partial charge on any atom is -0.356 e. The van der Waals surface area contributed by atoms with Crippen molar-refractivity contribution in [2.45, 2.75) is 44.9 Å². The Hall–Kier alpha value is -1.68. The maximum Gasteiger partial charge on any atom is 0.220 e. The number of carbonyl (C=O) groups excluding carboxylic acids is 2. The molecule has 1 aromatic carbocycles. The van der Waals surface area contributed by atoms with E-state index in [1.165, 1.54) is 24.0 Å². The first-order valence-corrected chi connectivity index (χ1v) is 8.27. The van der Waals surface area contributed by atoms with Gasteiger partial charge in [0.25, 0.3) is 0 Å². The van der Waals surface area contributed by atoms with Crippen molar-refractivity contribution in [3.8, 4) is 0 Å².